The molecule has 4 nitrogen and oxygen atoms in total. The highest BCUT2D eigenvalue weighted by atomic mass is 35.5. The second-order valence-corrected chi connectivity index (χ2v) is 5.58. The Bertz CT molecular complexity index is 583. The van der Waals surface area contributed by atoms with Crippen molar-refractivity contribution < 1.29 is 9.66 Å². The molecule has 0 N–H and O–H groups in total. The summed E-state index contributed by atoms with van der Waals surface area (Å²) in [5.41, 5.74) is 1.50. The number of carbonyl (C=O) groups is 1. The monoisotopic (exact) mass is 328 g/mol. The van der Waals surface area contributed by atoms with Crippen molar-refractivity contribution in [2.45, 2.75) is 39.7 Å². The molecular weight excluding hydrogens is 311 g/mol. The molecule has 1 rings (SSSR count). The van der Waals surface area contributed by atoms with Crippen LogP contribution in [0.2, 0.25) is 10.0 Å². The van der Waals surface area contributed by atoms with Crippen molar-refractivity contribution in [3.05, 3.63) is 45.2 Å². The second kappa shape index (κ2) is 8.15. The number of ketones is 1. The summed E-state index contributed by atoms with van der Waals surface area (Å²) >= 11 is 12.0. The van der Waals surface area contributed by atoms with Gasteiger partial charge in [0, 0.05) is 21.2 Å². The summed E-state index contributed by atoms with van der Waals surface area (Å²) in [4.78, 5) is 11.6. The maximum absolute atomic E-state index is 11.8. The average molecular weight is 329 g/mol. The number of hydrogen-bond donors (Lipinski definition) is 0. The molecular formula is C15H18Cl2N2O2. The van der Waals surface area contributed by atoms with Gasteiger partial charge in [-0.15, -0.1) is 0 Å². The second-order valence-electron chi connectivity index (χ2n) is 4.73. The lowest BCUT2D eigenvalue weighted by Crippen LogP contribution is -2.12. The molecule has 1 aromatic carbocycles. The lowest BCUT2D eigenvalue weighted by Gasteiger charge is -2.08. The summed E-state index contributed by atoms with van der Waals surface area (Å²) in [6, 6.07) is 4.46. The third kappa shape index (κ3) is 5.48. The molecule has 0 aliphatic heterocycles. The standard InChI is InChI=1S/C15H18Cl2N2O2/c1-4-5-12(9-19(21)18-10(2)11(3)20)14-7-6-13(16)8-15(14)17/h6-10H,4-5H2,1-3H3. The Morgan fingerprint density at radius 1 is 1.48 bits per heavy atom. The Balaban J connectivity index is 3.16. The van der Waals surface area contributed by atoms with Gasteiger partial charge in [-0.3, -0.25) is 4.79 Å². The number of azo groups is 1. The Kier molecular flexibility index (Phi) is 6.85. The molecule has 1 unspecified atom stereocenters. The third-order valence-electron chi connectivity index (χ3n) is 2.94. The fourth-order valence-electron chi connectivity index (χ4n) is 1.71. The van der Waals surface area contributed by atoms with Crippen molar-refractivity contribution in [1.29, 1.82) is 0 Å². The van der Waals surface area contributed by atoms with Gasteiger partial charge in [0.2, 0.25) is 6.20 Å². The molecule has 0 heterocycles. The lowest BCUT2D eigenvalue weighted by molar-refractivity contribution is -0.460. The zero-order chi connectivity index (χ0) is 16.0. The molecule has 0 radical (unpaired) electrons. The third-order valence-corrected chi connectivity index (χ3v) is 3.49. The summed E-state index contributed by atoms with van der Waals surface area (Å²) in [7, 11) is 0. The number of allylic oxidation sites excluding steroid dienone is 1. The van der Waals surface area contributed by atoms with E-state index in [0.29, 0.717) is 21.3 Å². The van der Waals surface area contributed by atoms with Crippen LogP contribution in [0.3, 0.4) is 0 Å². The molecule has 0 saturated carbocycles. The Hall–Kier alpha value is -1.39. The first-order valence-electron chi connectivity index (χ1n) is 6.68. The zero-order valence-corrected chi connectivity index (χ0v) is 13.8. The smallest absolute Gasteiger partial charge is 0.213 e. The van der Waals surface area contributed by atoms with Crippen LogP contribution in [0.4, 0.5) is 0 Å². The van der Waals surface area contributed by atoms with Gasteiger partial charge in [0.05, 0.1) is 0 Å². The van der Waals surface area contributed by atoms with E-state index in [4.69, 9.17) is 23.2 Å². The van der Waals surface area contributed by atoms with E-state index in [9.17, 15) is 10.0 Å². The Morgan fingerprint density at radius 2 is 2.14 bits per heavy atom. The van der Waals surface area contributed by atoms with Gasteiger partial charge >= 0.3 is 0 Å². The number of halogens is 2. The Morgan fingerprint density at radius 3 is 2.67 bits per heavy atom. The molecule has 114 valence electrons. The first kappa shape index (κ1) is 17.7. The van der Waals surface area contributed by atoms with E-state index in [1.807, 2.05) is 6.92 Å². The molecule has 0 aliphatic carbocycles. The van der Waals surface area contributed by atoms with Crippen molar-refractivity contribution in [2.75, 3.05) is 0 Å². The molecule has 1 aromatic rings. The lowest BCUT2D eigenvalue weighted by atomic mass is 10.0. The van der Waals surface area contributed by atoms with Crippen molar-refractivity contribution in [1.82, 2.24) is 0 Å². The minimum Gasteiger partial charge on any atom is -0.595 e. The zero-order valence-electron chi connectivity index (χ0n) is 12.3. The van der Waals surface area contributed by atoms with Gasteiger partial charge in [0.25, 0.3) is 0 Å². The summed E-state index contributed by atoms with van der Waals surface area (Å²) in [5, 5.41) is 16.6. The number of benzene rings is 1. The summed E-state index contributed by atoms with van der Waals surface area (Å²) in [6.45, 7) is 4.98. The van der Waals surface area contributed by atoms with Crippen LogP contribution in [0.15, 0.2) is 29.5 Å². The quantitative estimate of drug-likeness (QED) is 0.415. The van der Waals surface area contributed by atoms with E-state index in [0.717, 1.165) is 17.6 Å². The van der Waals surface area contributed by atoms with Crippen LogP contribution in [0, 0.1) is 5.21 Å². The normalized spacial score (nSPS) is 14.1. The minimum absolute atomic E-state index is 0.161. The highest BCUT2D eigenvalue weighted by molar-refractivity contribution is 6.35. The summed E-state index contributed by atoms with van der Waals surface area (Å²) < 4.78 is 0. The SMILES string of the molecule is CCCC(=C[N+]([O-])=NC(C)C(C)=O)c1ccc(Cl)cc1Cl. The van der Waals surface area contributed by atoms with Crippen LogP contribution in [0.5, 0.6) is 0 Å². The van der Waals surface area contributed by atoms with Crippen LogP contribution < -0.4 is 0 Å². The predicted molar refractivity (Wildman–Crippen MR) is 85.5 cm³/mol. The summed E-state index contributed by atoms with van der Waals surface area (Å²) in [5.74, 6) is -0.161. The first-order valence-corrected chi connectivity index (χ1v) is 7.44. The summed E-state index contributed by atoms with van der Waals surface area (Å²) in [6.07, 6.45) is 2.88. The van der Waals surface area contributed by atoms with E-state index in [1.165, 1.54) is 13.1 Å². The number of carbonyl (C=O) groups excluding carboxylic acids is 1. The molecule has 0 amide bonds. The van der Waals surface area contributed by atoms with E-state index in [-0.39, 0.29) is 5.78 Å². The van der Waals surface area contributed by atoms with Gasteiger partial charge in [-0.05, 0) is 37.5 Å². The molecule has 1 atom stereocenters. The van der Waals surface area contributed by atoms with Gasteiger partial charge < -0.3 is 5.21 Å². The van der Waals surface area contributed by atoms with Crippen LogP contribution in [-0.4, -0.2) is 16.7 Å². The predicted octanol–water partition coefficient (Wildman–Crippen LogP) is 5.07. The number of hydroxylamine groups is 1. The van der Waals surface area contributed by atoms with Gasteiger partial charge in [-0.1, -0.05) is 47.5 Å². The van der Waals surface area contributed by atoms with E-state index in [1.54, 1.807) is 25.1 Å². The molecule has 0 bridgehead atoms. The number of Topliss-reactive ketones (excluding diaryl/α,β-unsaturated/α-hetero) is 1. The van der Waals surface area contributed by atoms with Gasteiger partial charge in [-0.2, -0.15) is 0 Å². The first-order chi connectivity index (χ1) is 9.85. The van der Waals surface area contributed by atoms with Crippen molar-refractivity contribution in [3.63, 3.8) is 0 Å². The van der Waals surface area contributed by atoms with Crippen molar-refractivity contribution in [3.8, 4) is 0 Å². The number of nitrogens with zero attached hydrogens (tertiary/aromatic N) is 2. The maximum atomic E-state index is 11.8. The van der Waals surface area contributed by atoms with Crippen molar-refractivity contribution >= 4 is 34.6 Å². The molecule has 21 heavy (non-hydrogen) atoms. The topological polar surface area (TPSA) is 55.5 Å². The molecule has 6 heteroatoms. The molecule has 0 spiro atoms. The largest absolute Gasteiger partial charge is 0.595 e. The van der Waals surface area contributed by atoms with Gasteiger partial charge in [0.15, 0.2) is 11.8 Å². The van der Waals surface area contributed by atoms with E-state index < -0.39 is 6.04 Å². The fraction of sp³-hybridized carbons (Fsp3) is 0.400. The maximum Gasteiger partial charge on any atom is 0.213 e. The molecule has 0 fully saturated rings. The van der Waals surface area contributed by atoms with Crippen LogP contribution >= 0.6 is 23.2 Å². The highest BCUT2D eigenvalue weighted by Crippen LogP contribution is 2.29. The van der Waals surface area contributed by atoms with Crippen LogP contribution in [0.25, 0.3) is 5.57 Å². The van der Waals surface area contributed by atoms with Crippen molar-refractivity contribution in [2.24, 2.45) is 5.11 Å². The van der Waals surface area contributed by atoms with Gasteiger partial charge in [-0.25, -0.2) is 0 Å². The fourth-order valence-corrected chi connectivity index (χ4v) is 2.24. The molecule has 0 aliphatic rings. The molecule has 0 aromatic heterocycles. The van der Waals surface area contributed by atoms with Gasteiger partial charge in [0.1, 0.15) is 0 Å². The molecule has 0 saturated heterocycles. The average Bonchev–Trinajstić information content (AvgIpc) is 2.38. The van der Waals surface area contributed by atoms with E-state index in [2.05, 4.69) is 5.11 Å². The van der Waals surface area contributed by atoms with Crippen LogP contribution in [-0.2, 0) is 4.79 Å². The van der Waals surface area contributed by atoms with E-state index >= 15 is 0 Å². The number of hydrogen-bond acceptors (Lipinski definition) is 3. The number of rotatable bonds is 6. The Labute approximate surface area is 134 Å². The minimum atomic E-state index is -0.665. The highest BCUT2D eigenvalue weighted by Gasteiger charge is 2.12. The van der Waals surface area contributed by atoms with Crippen LogP contribution in [0.1, 0.15) is 39.2 Å².